The van der Waals surface area contributed by atoms with Crippen LogP contribution in [0.4, 0.5) is 11.4 Å². The molecule has 5 rings (SSSR count). The van der Waals surface area contributed by atoms with E-state index in [0.29, 0.717) is 18.2 Å². The fraction of sp³-hybridized carbons (Fsp3) is 0.300. The Balaban J connectivity index is 1.59. The number of aryl methyl sites for hydroxylation is 1. The molecule has 1 aromatic carbocycles. The number of carbonyl (C=O) groups is 1. The fourth-order valence-electron chi connectivity index (χ4n) is 3.96. The topological polar surface area (TPSA) is 102 Å². The van der Waals surface area contributed by atoms with Crippen LogP contribution in [0.1, 0.15) is 28.9 Å². The van der Waals surface area contributed by atoms with Crippen LogP contribution in [0.3, 0.4) is 0 Å². The number of aromatic amines is 2. The Morgan fingerprint density at radius 3 is 2.61 bits per heavy atom. The highest BCUT2D eigenvalue weighted by Crippen LogP contribution is 2.40. The molecule has 2 N–H and O–H groups in total. The van der Waals surface area contributed by atoms with Crippen molar-refractivity contribution in [3.63, 3.8) is 0 Å². The van der Waals surface area contributed by atoms with Crippen molar-refractivity contribution in [2.24, 2.45) is 0 Å². The van der Waals surface area contributed by atoms with Gasteiger partial charge in [0.05, 0.1) is 16.8 Å². The van der Waals surface area contributed by atoms with Crippen LogP contribution in [0.5, 0.6) is 0 Å². The summed E-state index contributed by atoms with van der Waals surface area (Å²) in [6, 6.07) is 10.1. The van der Waals surface area contributed by atoms with E-state index in [1.165, 1.54) is 12.8 Å². The van der Waals surface area contributed by atoms with Crippen molar-refractivity contribution in [1.29, 1.82) is 0 Å². The van der Waals surface area contributed by atoms with Crippen molar-refractivity contribution < 1.29 is 4.79 Å². The van der Waals surface area contributed by atoms with E-state index in [1.807, 2.05) is 24.3 Å². The molecule has 1 saturated carbocycles. The zero-order valence-corrected chi connectivity index (χ0v) is 15.4. The number of hydrogen-bond acceptors (Lipinski definition) is 5. The number of fused-ring (bicyclic) bond motifs is 2. The summed E-state index contributed by atoms with van der Waals surface area (Å²) in [5.74, 6) is -0.242. The first-order valence-corrected chi connectivity index (χ1v) is 9.34. The molecule has 0 bridgehead atoms. The van der Waals surface area contributed by atoms with Crippen LogP contribution in [-0.4, -0.2) is 40.0 Å². The Labute approximate surface area is 159 Å². The third kappa shape index (κ3) is 2.60. The number of anilines is 2. The van der Waals surface area contributed by atoms with Crippen LogP contribution in [0.2, 0.25) is 0 Å². The molecule has 2 aliphatic rings. The SMILES string of the molecule is Cc1cc(C(=O)N2CCN(C3CC3)c3ccccc32)nc2[nH]c(=O)[nH]c(=O)c12. The lowest BCUT2D eigenvalue weighted by Gasteiger charge is -2.37. The first-order chi connectivity index (χ1) is 13.5. The van der Waals surface area contributed by atoms with Gasteiger partial charge < -0.3 is 9.80 Å². The van der Waals surface area contributed by atoms with Gasteiger partial charge in [0.25, 0.3) is 11.5 Å². The smallest absolute Gasteiger partial charge is 0.327 e. The van der Waals surface area contributed by atoms with Gasteiger partial charge in [-0.2, -0.15) is 0 Å². The molecule has 0 spiro atoms. The zero-order valence-electron chi connectivity index (χ0n) is 15.4. The predicted molar refractivity (Wildman–Crippen MR) is 106 cm³/mol. The summed E-state index contributed by atoms with van der Waals surface area (Å²) in [6.45, 7) is 3.07. The Hall–Kier alpha value is -3.42. The Morgan fingerprint density at radius 1 is 1.11 bits per heavy atom. The Morgan fingerprint density at radius 2 is 1.86 bits per heavy atom. The lowest BCUT2D eigenvalue weighted by atomic mass is 10.1. The normalized spacial score (nSPS) is 16.3. The van der Waals surface area contributed by atoms with Gasteiger partial charge in [0.1, 0.15) is 11.3 Å². The molecule has 1 amide bonds. The highest BCUT2D eigenvalue weighted by Gasteiger charge is 2.35. The number of rotatable bonds is 2. The first kappa shape index (κ1) is 16.7. The number of pyridine rings is 1. The van der Waals surface area contributed by atoms with E-state index in [1.54, 1.807) is 17.9 Å². The van der Waals surface area contributed by atoms with Crippen molar-refractivity contribution in [3.8, 4) is 0 Å². The Kier molecular flexibility index (Phi) is 3.61. The Bertz CT molecular complexity index is 1220. The lowest BCUT2D eigenvalue weighted by Crippen LogP contribution is -2.45. The minimum Gasteiger partial charge on any atom is -0.365 e. The number of benzene rings is 1. The van der Waals surface area contributed by atoms with Crippen LogP contribution in [-0.2, 0) is 0 Å². The van der Waals surface area contributed by atoms with Gasteiger partial charge in [-0.25, -0.2) is 9.78 Å². The molecular formula is C20H19N5O3. The zero-order chi connectivity index (χ0) is 19.4. The minimum absolute atomic E-state index is 0.127. The van der Waals surface area contributed by atoms with Crippen molar-refractivity contribution in [3.05, 3.63) is 62.4 Å². The van der Waals surface area contributed by atoms with Gasteiger partial charge in [-0.3, -0.25) is 19.6 Å². The van der Waals surface area contributed by atoms with Crippen molar-refractivity contribution in [1.82, 2.24) is 15.0 Å². The quantitative estimate of drug-likeness (QED) is 0.705. The molecule has 1 aliphatic carbocycles. The molecule has 1 aliphatic heterocycles. The van der Waals surface area contributed by atoms with Gasteiger partial charge in [0.15, 0.2) is 0 Å². The monoisotopic (exact) mass is 377 g/mol. The summed E-state index contributed by atoms with van der Waals surface area (Å²) in [5.41, 5.74) is 1.71. The minimum atomic E-state index is -0.641. The van der Waals surface area contributed by atoms with Crippen LogP contribution in [0.25, 0.3) is 11.0 Å². The second kappa shape index (κ2) is 6.05. The van der Waals surface area contributed by atoms with Crippen LogP contribution >= 0.6 is 0 Å². The summed E-state index contributed by atoms with van der Waals surface area (Å²) in [7, 11) is 0. The molecule has 8 heteroatoms. The van der Waals surface area contributed by atoms with Gasteiger partial charge in [-0.1, -0.05) is 12.1 Å². The summed E-state index contributed by atoms with van der Waals surface area (Å²) < 4.78 is 0. The van der Waals surface area contributed by atoms with Gasteiger partial charge in [-0.15, -0.1) is 0 Å². The third-order valence-corrected chi connectivity index (χ3v) is 5.40. The van der Waals surface area contributed by atoms with Crippen molar-refractivity contribution in [2.45, 2.75) is 25.8 Å². The van der Waals surface area contributed by atoms with Crippen molar-refractivity contribution >= 4 is 28.3 Å². The van der Waals surface area contributed by atoms with E-state index in [-0.39, 0.29) is 22.6 Å². The largest absolute Gasteiger partial charge is 0.365 e. The number of hydrogen-bond donors (Lipinski definition) is 2. The highest BCUT2D eigenvalue weighted by molar-refractivity contribution is 6.08. The average molecular weight is 377 g/mol. The van der Waals surface area contributed by atoms with Gasteiger partial charge in [-0.05, 0) is 43.5 Å². The molecule has 3 heterocycles. The molecule has 0 atom stereocenters. The third-order valence-electron chi connectivity index (χ3n) is 5.40. The van der Waals surface area contributed by atoms with Crippen LogP contribution < -0.4 is 21.0 Å². The number of amides is 1. The number of carbonyl (C=O) groups excluding carboxylic acids is 1. The summed E-state index contributed by atoms with van der Waals surface area (Å²) >= 11 is 0. The molecule has 2 aromatic heterocycles. The number of H-pyrrole nitrogens is 2. The van der Waals surface area contributed by atoms with Crippen LogP contribution in [0, 0.1) is 6.92 Å². The number of nitrogens with zero attached hydrogens (tertiary/aromatic N) is 3. The average Bonchev–Trinajstić information content (AvgIpc) is 3.50. The van der Waals surface area contributed by atoms with E-state index in [4.69, 9.17) is 0 Å². The first-order valence-electron chi connectivity index (χ1n) is 9.34. The van der Waals surface area contributed by atoms with E-state index in [0.717, 1.165) is 17.9 Å². The van der Waals surface area contributed by atoms with Crippen LogP contribution in [0.15, 0.2) is 39.9 Å². The highest BCUT2D eigenvalue weighted by atomic mass is 16.2. The standard InChI is InChI=1S/C20H19N5O3/c1-11-10-13(21-17-16(11)18(26)23-20(28)22-17)19(27)25-9-8-24(12-6-7-12)14-4-2-3-5-15(14)25/h2-5,10,12H,6-9H2,1H3,(H2,21,22,23,26,28). The maximum Gasteiger partial charge on any atom is 0.327 e. The molecule has 142 valence electrons. The number of nitrogens with one attached hydrogen (secondary N) is 2. The fourth-order valence-corrected chi connectivity index (χ4v) is 3.96. The van der Waals surface area contributed by atoms with Gasteiger partial charge in [0, 0.05) is 19.1 Å². The molecular weight excluding hydrogens is 358 g/mol. The molecule has 8 nitrogen and oxygen atoms in total. The molecule has 3 aromatic rings. The molecule has 28 heavy (non-hydrogen) atoms. The maximum absolute atomic E-state index is 13.3. The van der Waals surface area contributed by atoms with Crippen molar-refractivity contribution in [2.75, 3.05) is 22.9 Å². The maximum atomic E-state index is 13.3. The lowest BCUT2D eigenvalue weighted by molar-refractivity contribution is 0.0982. The van der Waals surface area contributed by atoms with Gasteiger partial charge in [0.2, 0.25) is 0 Å². The number of para-hydroxylation sites is 2. The van der Waals surface area contributed by atoms with Gasteiger partial charge >= 0.3 is 5.69 Å². The predicted octanol–water partition coefficient (Wildman–Crippen LogP) is 1.55. The second-order valence-electron chi connectivity index (χ2n) is 7.33. The number of aromatic nitrogens is 3. The summed E-state index contributed by atoms with van der Waals surface area (Å²) in [5, 5.41) is 0.287. The molecule has 0 radical (unpaired) electrons. The van der Waals surface area contributed by atoms with E-state index >= 15 is 0 Å². The molecule has 0 unspecified atom stereocenters. The van der Waals surface area contributed by atoms with E-state index in [2.05, 4.69) is 19.9 Å². The summed E-state index contributed by atoms with van der Waals surface area (Å²) in [4.78, 5) is 50.1. The summed E-state index contributed by atoms with van der Waals surface area (Å²) in [6.07, 6.45) is 2.38. The van der Waals surface area contributed by atoms with E-state index < -0.39 is 11.2 Å². The van der Waals surface area contributed by atoms with E-state index in [9.17, 15) is 14.4 Å². The second-order valence-corrected chi connectivity index (χ2v) is 7.33. The molecule has 1 fully saturated rings. The molecule has 0 saturated heterocycles.